The number of aliphatic carboxylic acids is 1. The van der Waals surface area contributed by atoms with E-state index >= 15 is 0 Å². The third-order valence-electron chi connectivity index (χ3n) is 2.92. The SMILES string of the molecule is CCOc1ccccc1COc1cccc(CC(=O)O)c1. The van der Waals surface area contributed by atoms with Gasteiger partial charge in [-0.3, -0.25) is 4.79 Å². The highest BCUT2D eigenvalue weighted by Crippen LogP contribution is 2.21. The van der Waals surface area contributed by atoms with Crippen LogP contribution in [0.3, 0.4) is 0 Å². The molecule has 0 atom stereocenters. The molecule has 0 aromatic heterocycles. The maximum atomic E-state index is 10.7. The molecule has 1 N–H and O–H groups in total. The maximum Gasteiger partial charge on any atom is 0.307 e. The van der Waals surface area contributed by atoms with E-state index in [2.05, 4.69) is 0 Å². The van der Waals surface area contributed by atoms with Gasteiger partial charge in [0.25, 0.3) is 0 Å². The molecule has 0 aliphatic carbocycles. The third kappa shape index (κ3) is 4.53. The molecule has 2 aromatic rings. The summed E-state index contributed by atoms with van der Waals surface area (Å²) in [6, 6.07) is 14.8. The number of para-hydroxylation sites is 1. The number of hydrogen-bond donors (Lipinski definition) is 1. The van der Waals surface area contributed by atoms with Crippen molar-refractivity contribution in [2.24, 2.45) is 0 Å². The minimum Gasteiger partial charge on any atom is -0.493 e. The zero-order chi connectivity index (χ0) is 15.1. The van der Waals surface area contributed by atoms with E-state index in [1.165, 1.54) is 0 Å². The molecule has 0 unspecified atom stereocenters. The summed E-state index contributed by atoms with van der Waals surface area (Å²) in [5, 5.41) is 8.80. The summed E-state index contributed by atoms with van der Waals surface area (Å²) in [6.45, 7) is 2.92. The van der Waals surface area contributed by atoms with Crippen molar-refractivity contribution in [3.63, 3.8) is 0 Å². The zero-order valence-electron chi connectivity index (χ0n) is 11.9. The van der Waals surface area contributed by atoms with Gasteiger partial charge in [0, 0.05) is 5.56 Å². The highest BCUT2D eigenvalue weighted by atomic mass is 16.5. The standard InChI is InChI=1S/C17H18O4/c1-2-20-16-9-4-3-7-14(16)12-21-15-8-5-6-13(10-15)11-17(18)19/h3-10H,2,11-12H2,1H3,(H,18,19). The predicted molar refractivity (Wildman–Crippen MR) is 79.7 cm³/mol. The van der Waals surface area contributed by atoms with Crippen LogP contribution in [0.5, 0.6) is 11.5 Å². The Balaban J connectivity index is 2.04. The number of benzene rings is 2. The van der Waals surface area contributed by atoms with Crippen LogP contribution in [0.25, 0.3) is 0 Å². The summed E-state index contributed by atoms with van der Waals surface area (Å²) >= 11 is 0. The molecule has 0 aliphatic rings. The van der Waals surface area contributed by atoms with E-state index in [4.69, 9.17) is 14.6 Å². The molecular weight excluding hydrogens is 268 g/mol. The van der Waals surface area contributed by atoms with Gasteiger partial charge in [-0.25, -0.2) is 0 Å². The average Bonchev–Trinajstić information content (AvgIpc) is 2.46. The Bertz CT molecular complexity index is 607. The lowest BCUT2D eigenvalue weighted by Crippen LogP contribution is -2.02. The lowest BCUT2D eigenvalue weighted by Gasteiger charge is -2.11. The molecule has 110 valence electrons. The summed E-state index contributed by atoms with van der Waals surface area (Å²) in [6.07, 6.45) is -0.00721. The van der Waals surface area contributed by atoms with Gasteiger partial charge < -0.3 is 14.6 Å². The zero-order valence-corrected chi connectivity index (χ0v) is 11.9. The molecule has 0 spiro atoms. The van der Waals surface area contributed by atoms with E-state index in [9.17, 15) is 4.79 Å². The molecule has 4 nitrogen and oxygen atoms in total. The van der Waals surface area contributed by atoms with E-state index in [1.807, 2.05) is 37.3 Å². The lowest BCUT2D eigenvalue weighted by molar-refractivity contribution is -0.136. The van der Waals surface area contributed by atoms with Crippen LogP contribution in [0.15, 0.2) is 48.5 Å². The summed E-state index contributed by atoms with van der Waals surface area (Å²) in [5.74, 6) is 0.607. The van der Waals surface area contributed by atoms with Gasteiger partial charge in [0.15, 0.2) is 0 Å². The van der Waals surface area contributed by atoms with Gasteiger partial charge in [0.05, 0.1) is 13.0 Å². The first kappa shape index (κ1) is 14.9. The quantitative estimate of drug-likeness (QED) is 0.848. The Morgan fingerprint density at radius 2 is 1.90 bits per heavy atom. The monoisotopic (exact) mass is 286 g/mol. The van der Waals surface area contributed by atoms with Gasteiger partial charge in [0.2, 0.25) is 0 Å². The molecule has 0 aliphatic heterocycles. The number of carboxylic acids is 1. The van der Waals surface area contributed by atoms with Crippen molar-refractivity contribution in [2.75, 3.05) is 6.61 Å². The van der Waals surface area contributed by atoms with Gasteiger partial charge in [-0.2, -0.15) is 0 Å². The van der Waals surface area contributed by atoms with E-state index in [-0.39, 0.29) is 6.42 Å². The molecule has 0 saturated carbocycles. The molecule has 21 heavy (non-hydrogen) atoms. The van der Waals surface area contributed by atoms with E-state index in [1.54, 1.807) is 18.2 Å². The summed E-state index contributed by atoms with van der Waals surface area (Å²) in [5.41, 5.74) is 1.68. The van der Waals surface area contributed by atoms with Gasteiger partial charge in [0.1, 0.15) is 18.1 Å². The minimum absolute atomic E-state index is 0.00721. The largest absolute Gasteiger partial charge is 0.493 e. The Labute approximate surface area is 123 Å². The van der Waals surface area contributed by atoms with Gasteiger partial charge in [-0.05, 0) is 30.7 Å². The Kier molecular flexibility index (Phi) is 5.21. The minimum atomic E-state index is -0.853. The second-order valence-corrected chi connectivity index (χ2v) is 4.55. The van der Waals surface area contributed by atoms with Crippen molar-refractivity contribution < 1.29 is 19.4 Å². The number of carbonyl (C=O) groups is 1. The molecule has 0 amide bonds. The summed E-state index contributed by atoms with van der Waals surface area (Å²) in [4.78, 5) is 10.7. The highest BCUT2D eigenvalue weighted by molar-refractivity contribution is 5.70. The van der Waals surface area contributed by atoms with Crippen LogP contribution >= 0.6 is 0 Å². The van der Waals surface area contributed by atoms with Crippen molar-refractivity contribution in [2.45, 2.75) is 20.0 Å². The number of ether oxygens (including phenoxy) is 2. The third-order valence-corrected chi connectivity index (χ3v) is 2.92. The fourth-order valence-electron chi connectivity index (χ4n) is 2.00. The molecule has 0 heterocycles. The Hall–Kier alpha value is -2.49. The van der Waals surface area contributed by atoms with Gasteiger partial charge in [-0.1, -0.05) is 30.3 Å². The number of hydrogen-bond acceptors (Lipinski definition) is 3. The first-order chi connectivity index (χ1) is 10.2. The van der Waals surface area contributed by atoms with Crippen LogP contribution in [0, 0.1) is 0 Å². The topological polar surface area (TPSA) is 55.8 Å². The van der Waals surface area contributed by atoms with Crippen LogP contribution in [-0.2, 0) is 17.8 Å². The second-order valence-electron chi connectivity index (χ2n) is 4.55. The second kappa shape index (κ2) is 7.33. The van der Waals surface area contributed by atoms with Crippen molar-refractivity contribution >= 4 is 5.97 Å². The van der Waals surface area contributed by atoms with Crippen LogP contribution < -0.4 is 9.47 Å². The van der Waals surface area contributed by atoms with Crippen LogP contribution in [0.1, 0.15) is 18.1 Å². The van der Waals surface area contributed by atoms with Crippen molar-refractivity contribution in [1.29, 1.82) is 0 Å². The fraction of sp³-hybridized carbons (Fsp3) is 0.235. The fourth-order valence-corrected chi connectivity index (χ4v) is 2.00. The average molecular weight is 286 g/mol. The lowest BCUT2D eigenvalue weighted by atomic mass is 10.1. The molecule has 2 rings (SSSR count). The number of carboxylic acid groups (broad SMARTS) is 1. The van der Waals surface area contributed by atoms with E-state index in [0.29, 0.717) is 19.0 Å². The smallest absolute Gasteiger partial charge is 0.307 e. The van der Waals surface area contributed by atoms with Crippen molar-refractivity contribution in [1.82, 2.24) is 0 Å². The molecule has 0 bridgehead atoms. The normalized spacial score (nSPS) is 10.1. The molecule has 0 fully saturated rings. The molecule has 0 radical (unpaired) electrons. The first-order valence-electron chi connectivity index (χ1n) is 6.83. The van der Waals surface area contributed by atoms with Crippen LogP contribution in [-0.4, -0.2) is 17.7 Å². The summed E-state index contributed by atoms with van der Waals surface area (Å²) < 4.78 is 11.3. The first-order valence-corrected chi connectivity index (χ1v) is 6.83. The Morgan fingerprint density at radius 1 is 1.10 bits per heavy atom. The Morgan fingerprint density at radius 3 is 2.67 bits per heavy atom. The molecular formula is C17H18O4. The van der Waals surface area contributed by atoms with Crippen LogP contribution in [0.4, 0.5) is 0 Å². The van der Waals surface area contributed by atoms with E-state index in [0.717, 1.165) is 16.9 Å². The van der Waals surface area contributed by atoms with Gasteiger partial charge >= 0.3 is 5.97 Å². The maximum absolute atomic E-state index is 10.7. The summed E-state index contributed by atoms with van der Waals surface area (Å²) in [7, 11) is 0. The van der Waals surface area contributed by atoms with E-state index < -0.39 is 5.97 Å². The van der Waals surface area contributed by atoms with Gasteiger partial charge in [-0.15, -0.1) is 0 Å². The predicted octanol–water partition coefficient (Wildman–Crippen LogP) is 3.29. The van der Waals surface area contributed by atoms with Crippen molar-refractivity contribution in [3.8, 4) is 11.5 Å². The molecule has 0 saturated heterocycles. The molecule has 2 aromatic carbocycles. The van der Waals surface area contributed by atoms with Crippen LogP contribution in [0.2, 0.25) is 0 Å². The number of rotatable bonds is 7. The molecule has 4 heteroatoms. The van der Waals surface area contributed by atoms with Crippen molar-refractivity contribution in [3.05, 3.63) is 59.7 Å². The highest BCUT2D eigenvalue weighted by Gasteiger charge is 2.05.